The van der Waals surface area contributed by atoms with Crippen LogP contribution in [0.1, 0.15) is 79.1 Å². The lowest BCUT2D eigenvalue weighted by atomic mass is 10.1. The second kappa shape index (κ2) is 14.4. The van der Waals surface area contributed by atoms with Gasteiger partial charge in [0.25, 0.3) is 0 Å². The van der Waals surface area contributed by atoms with Crippen LogP contribution in [-0.4, -0.2) is 59.3 Å². The van der Waals surface area contributed by atoms with Crippen molar-refractivity contribution in [2.75, 3.05) is 33.9 Å². The molecule has 0 spiro atoms. The minimum Gasteiger partial charge on any atom is -0.434 e. The summed E-state index contributed by atoms with van der Waals surface area (Å²) in [6.07, 6.45) is 7.62. The number of ether oxygens (including phenoxy) is 2. The molecule has 0 heterocycles. The van der Waals surface area contributed by atoms with Crippen molar-refractivity contribution in [2.24, 2.45) is 0 Å². The molecule has 0 aliphatic heterocycles. The van der Waals surface area contributed by atoms with Gasteiger partial charge in [-0.15, -0.1) is 0 Å². The van der Waals surface area contributed by atoms with Crippen LogP contribution in [0, 0.1) is 0 Å². The molecule has 0 bridgehead atoms. The monoisotopic (exact) mass is 417 g/mol. The molecule has 6 heteroatoms. The summed E-state index contributed by atoms with van der Waals surface area (Å²) in [4.78, 5) is 14.1. The van der Waals surface area contributed by atoms with E-state index < -0.39 is 14.5 Å². The number of unbranched alkanes of at least 4 members (excludes halogenated alkanes) is 3. The van der Waals surface area contributed by atoms with Gasteiger partial charge in [0.15, 0.2) is 8.32 Å². The average Bonchev–Trinajstić information content (AvgIpc) is 2.57. The van der Waals surface area contributed by atoms with E-state index in [0.717, 1.165) is 45.3 Å². The van der Waals surface area contributed by atoms with E-state index in [1.807, 2.05) is 14.1 Å². The number of nitrogens with zero attached hydrogens (tertiary/aromatic N) is 1. The minimum atomic E-state index is -1.71. The van der Waals surface area contributed by atoms with Gasteiger partial charge in [0.2, 0.25) is 0 Å². The van der Waals surface area contributed by atoms with Crippen LogP contribution in [0.15, 0.2) is 0 Å². The summed E-state index contributed by atoms with van der Waals surface area (Å²) in [5, 5.41) is 0.222. The molecule has 0 saturated carbocycles. The largest absolute Gasteiger partial charge is 0.508 e. The third-order valence-corrected chi connectivity index (χ3v) is 10.1. The van der Waals surface area contributed by atoms with Crippen molar-refractivity contribution in [2.45, 2.75) is 103 Å². The molecule has 0 saturated heterocycles. The van der Waals surface area contributed by atoms with Gasteiger partial charge in [-0.25, -0.2) is 4.79 Å². The number of carbonyl (C=O) groups is 1. The fourth-order valence-electron chi connectivity index (χ4n) is 2.62. The lowest BCUT2D eigenvalue weighted by Gasteiger charge is -2.36. The predicted octanol–water partition coefficient (Wildman–Crippen LogP) is 6.23. The van der Waals surface area contributed by atoms with Crippen molar-refractivity contribution in [3.63, 3.8) is 0 Å². The molecule has 0 fully saturated rings. The first kappa shape index (κ1) is 27.4. The van der Waals surface area contributed by atoms with E-state index in [2.05, 4.69) is 45.7 Å². The summed E-state index contributed by atoms with van der Waals surface area (Å²) in [7, 11) is 2.31. The normalized spacial score (nSPS) is 13.6. The number of carbonyl (C=O) groups excluding carboxylic acids is 1. The van der Waals surface area contributed by atoms with Gasteiger partial charge in [-0.1, -0.05) is 47.0 Å². The van der Waals surface area contributed by atoms with Crippen LogP contribution in [0.25, 0.3) is 0 Å². The molecule has 0 aliphatic carbocycles. The van der Waals surface area contributed by atoms with Crippen LogP contribution in [0.3, 0.4) is 0 Å². The van der Waals surface area contributed by atoms with Crippen molar-refractivity contribution in [3.8, 4) is 0 Å². The smallest absolute Gasteiger partial charge is 0.434 e. The third kappa shape index (κ3) is 13.6. The Kier molecular flexibility index (Phi) is 14.1. The SMILES string of the molecule is CCCCCCC(CCCO[Si](C)(C)C(C)(C)C)OC(=O)OCCCN(C)C. The van der Waals surface area contributed by atoms with Gasteiger partial charge in [-0.2, -0.15) is 0 Å². The molecule has 0 radical (unpaired) electrons. The molecule has 168 valence electrons. The number of hydrogen-bond acceptors (Lipinski definition) is 5. The lowest BCUT2D eigenvalue weighted by molar-refractivity contribution is 0.0139. The van der Waals surface area contributed by atoms with Crippen LogP contribution >= 0.6 is 0 Å². The van der Waals surface area contributed by atoms with E-state index in [1.54, 1.807) is 0 Å². The Morgan fingerprint density at radius 1 is 0.964 bits per heavy atom. The third-order valence-electron chi connectivity index (χ3n) is 5.55. The Morgan fingerprint density at radius 2 is 1.61 bits per heavy atom. The highest BCUT2D eigenvalue weighted by molar-refractivity contribution is 6.74. The fraction of sp³-hybridized carbons (Fsp3) is 0.955. The Balaban J connectivity index is 4.33. The number of hydrogen-bond donors (Lipinski definition) is 0. The van der Waals surface area contributed by atoms with Crippen molar-refractivity contribution >= 4 is 14.5 Å². The minimum absolute atomic E-state index is 0.0683. The topological polar surface area (TPSA) is 48.0 Å². The van der Waals surface area contributed by atoms with Gasteiger partial charge in [0.05, 0.1) is 6.61 Å². The average molecular weight is 418 g/mol. The maximum Gasteiger partial charge on any atom is 0.508 e. The van der Waals surface area contributed by atoms with E-state index in [9.17, 15) is 4.79 Å². The predicted molar refractivity (Wildman–Crippen MR) is 121 cm³/mol. The first-order valence-corrected chi connectivity index (χ1v) is 14.0. The Bertz CT molecular complexity index is 408. The Hall–Kier alpha value is -0.593. The quantitative estimate of drug-likeness (QED) is 0.179. The van der Waals surface area contributed by atoms with Crippen LogP contribution in [0.4, 0.5) is 4.79 Å². The molecule has 0 N–H and O–H groups in total. The molecule has 0 aromatic carbocycles. The van der Waals surface area contributed by atoms with Crippen LogP contribution in [-0.2, 0) is 13.9 Å². The van der Waals surface area contributed by atoms with E-state index in [1.165, 1.54) is 19.3 Å². The number of rotatable bonds is 15. The summed E-state index contributed by atoms with van der Waals surface area (Å²) in [6.45, 7) is 15.6. The highest BCUT2D eigenvalue weighted by Crippen LogP contribution is 2.36. The van der Waals surface area contributed by atoms with Gasteiger partial charge in [0.1, 0.15) is 6.10 Å². The molecule has 1 atom stereocenters. The molecular weight excluding hydrogens is 370 g/mol. The molecule has 1 unspecified atom stereocenters. The van der Waals surface area contributed by atoms with Crippen LogP contribution < -0.4 is 0 Å². The van der Waals surface area contributed by atoms with E-state index in [4.69, 9.17) is 13.9 Å². The van der Waals surface area contributed by atoms with Gasteiger partial charge < -0.3 is 18.8 Å². The van der Waals surface area contributed by atoms with E-state index in [0.29, 0.717) is 6.61 Å². The summed E-state index contributed by atoms with van der Waals surface area (Å²) >= 11 is 0. The summed E-state index contributed by atoms with van der Waals surface area (Å²) in [6, 6.07) is 0. The highest BCUT2D eigenvalue weighted by Gasteiger charge is 2.36. The molecule has 0 aromatic rings. The zero-order valence-electron chi connectivity index (χ0n) is 19.9. The standard InChI is InChI=1S/C22H47NO4Si/c1-9-10-11-12-15-20(27-21(24)25-18-14-17-23(5)6)16-13-19-26-28(7,8)22(2,3)4/h20H,9-19H2,1-8H3. The van der Waals surface area contributed by atoms with Crippen molar-refractivity contribution in [3.05, 3.63) is 0 Å². The first-order chi connectivity index (χ1) is 13.0. The van der Waals surface area contributed by atoms with Gasteiger partial charge in [-0.05, 0) is 64.3 Å². The molecule has 0 rings (SSSR count). The lowest BCUT2D eigenvalue weighted by Crippen LogP contribution is -2.41. The zero-order chi connectivity index (χ0) is 21.6. The summed E-state index contributed by atoms with van der Waals surface area (Å²) < 4.78 is 17.1. The zero-order valence-corrected chi connectivity index (χ0v) is 20.9. The molecule has 5 nitrogen and oxygen atoms in total. The van der Waals surface area contributed by atoms with Gasteiger partial charge in [0, 0.05) is 13.2 Å². The van der Waals surface area contributed by atoms with Crippen molar-refractivity contribution < 1.29 is 18.7 Å². The molecule has 28 heavy (non-hydrogen) atoms. The molecule has 0 amide bonds. The summed E-state index contributed by atoms with van der Waals surface area (Å²) in [5.41, 5.74) is 0. The van der Waals surface area contributed by atoms with Crippen LogP contribution in [0.2, 0.25) is 18.1 Å². The highest BCUT2D eigenvalue weighted by atomic mass is 28.4. The first-order valence-electron chi connectivity index (χ1n) is 11.1. The van der Waals surface area contributed by atoms with Crippen molar-refractivity contribution in [1.82, 2.24) is 4.90 Å². The van der Waals surface area contributed by atoms with E-state index in [-0.39, 0.29) is 11.1 Å². The van der Waals surface area contributed by atoms with Crippen molar-refractivity contribution in [1.29, 1.82) is 0 Å². The summed E-state index contributed by atoms with van der Waals surface area (Å²) in [5.74, 6) is 0. The fourth-order valence-corrected chi connectivity index (χ4v) is 3.71. The second-order valence-electron chi connectivity index (χ2n) is 9.60. The Labute approximate surface area is 175 Å². The van der Waals surface area contributed by atoms with Gasteiger partial charge in [-0.3, -0.25) is 0 Å². The van der Waals surface area contributed by atoms with Gasteiger partial charge >= 0.3 is 6.16 Å². The second-order valence-corrected chi connectivity index (χ2v) is 14.4. The maximum absolute atomic E-state index is 12.0. The maximum atomic E-state index is 12.0. The van der Waals surface area contributed by atoms with Crippen LogP contribution in [0.5, 0.6) is 0 Å². The molecule has 0 aromatic heterocycles. The molecule has 0 aliphatic rings. The Morgan fingerprint density at radius 3 is 2.18 bits per heavy atom. The van der Waals surface area contributed by atoms with E-state index >= 15 is 0 Å². The molecular formula is C22H47NO4Si.